The molecule has 0 heterocycles. The van der Waals surface area contributed by atoms with Crippen LogP contribution in [0.1, 0.15) is 0 Å². The van der Waals surface area contributed by atoms with Crippen LogP contribution in [0.25, 0.3) is 0 Å². The number of rotatable bonds is 18. The molecule has 0 saturated heterocycles. The lowest BCUT2D eigenvalue weighted by atomic mass is 10.3. The average molecular weight is 376 g/mol. The van der Waals surface area contributed by atoms with Crippen LogP contribution >= 0.6 is 0 Å². The van der Waals surface area contributed by atoms with Crippen LogP contribution in [0.2, 0.25) is 0 Å². The van der Waals surface area contributed by atoms with E-state index in [1.54, 1.807) is 12.1 Å². The summed E-state index contributed by atoms with van der Waals surface area (Å²) >= 11 is 0. The molecule has 8 heteroatoms. The van der Waals surface area contributed by atoms with Gasteiger partial charge in [0.05, 0.1) is 72.7 Å². The molecule has 0 spiro atoms. The van der Waals surface area contributed by atoms with E-state index >= 15 is 0 Å². The first kappa shape index (κ1) is 22.8. The molecule has 7 nitrogen and oxygen atoms in total. The number of aliphatic hydroxyl groups is 1. The molecule has 0 bridgehead atoms. The van der Waals surface area contributed by atoms with Crippen LogP contribution in [0, 0.1) is 5.82 Å². The van der Waals surface area contributed by atoms with Gasteiger partial charge in [0.1, 0.15) is 18.2 Å². The molecular weight excluding hydrogens is 347 g/mol. The number of ether oxygens (including phenoxy) is 6. The van der Waals surface area contributed by atoms with E-state index in [4.69, 9.17) is 33.5 Å². The number of halogens is 1. The van der Waals surface area contributed by atoms with E-state index in [0.717, 1.165) is 0 Å². The van der Waals surface area contributed by atoms with E-state index in [9.17, 15) is 4.39 Å². The van der Waals surface area contributed by atoms with Gasteiger partial charge in [-0.25, -0.2) is 4.39 Å². The van der Waals surface area contributed by atoms with E-state index in [0.29, 0.717) is 78.4 Å². The molecule has 0 aliphatic carbocycles. The third-order valence-corrected chi connectivity index (χ3v) is 3.03. The molecule has 0 radical (unpaired) electrons. The molecule has 0 atom stereocenters. The molecular formula is C18H29FO7. The molecule has 0 unspecified atom stereocenters. The van der Waals surface area contributed by atoms with E-state index in [-0.39, 0.29) is 12.4 Å². The minimum atomic E-state index is -0.286. The standard InChI is InChI=1S/C18H29FO7/c19-17-1-3-18(4-2-17)26-16-15-25-14-13-24-12-11-23-10-9-22-8-7-21-6-5-20/h1-4,20H,5-16H2. The zero-order valence-corrected chi connectivity index (χ0v) is 15.1. The van der Waals surface area contributed by atoms with Crippen LogP contribution in [0.3, 0.4) is 0 Å². The summed E-state index contributed by atoms with van der Waals surface area (Å²) in [6.45, 7) is 5.12. The Balaban J connectivity index is 1.72. The van der Waals surface area contributed by atoms with Crippen molar-refractivity contribution in [2.24, 2.45) is 0 Å². The van der Waals surface area contributed by atoms with E-state index in [1.807, 2.05) is 0 Å². The molecule has 0 saturated carbocycles. The first-order valence-electron chi connectivity index (χ1n) is 8.71. The van der Waals surface area contributed by atoms with Crippen molar-refractivity contribution >= 4 is 0 Å². The maximum atomic E-state index is 12.7. The smallest absolute Gasteiger partial charge is 0.123 e. The maximum Gasteiger partial charge on any atom is 0.123 e. The molecule has 150 valence electrons. The minimum absolute atomic E-state index is 0.0257. The second-order valence-electron chi connectivity index (χ2n) is 5.09. The van der Waals surface area contributed by atoms with Crippen LogP contribution in [0.5, 0.6) is 5.75 Å². The largest absolute Gasteiger partial charge is 0.491 e. The zero-order valence-electron chi connectivity index (χ0n) is 15.1. The summed E-state index contributed by atoms with van der Waals surface area (Å²) in [5.74, 6) is 0.330. The molecule has 1 aromatic rings. The maximum absolute atomic E-state index is 12.7. The van der Waals surface area contributed by atoms with Crippen molar-refractivity contribution < 1.29 is 37.9 Å². The second-order valence-corrected chi connectivity index (χ2v) is 5.09. The molecule has 0 aliphatic heterocycles. The summed E-state index contributed by atoms with van der Waals surface area (Å²) in [7, 11) is 0. The Morgan fingerprint density at radius 3 is 1.38 bits per heavy atom. The van der Waals surface area contributed by atoms with Crippen molar-refractivity contribution in [1.82, 2.24) is 0 Å². The van der Waals surface area contributed by atoms with Gasteiger partial charge in [0.25, 0.3) is 0 Å². The van der Waals surface area contributed by atoms with Crippen molar-refractivity contribution in [3.8, 4) is 5.75 Å². The lowest BCUT2D eigenvalue weighted by Gasteiger charge is -2.08. The normalized spacial score (nSPS) is 11.0. The van der Waals surface area contributed by atoms with Gasteiger partial charge in [0, 0.05) is 0 Å². The third kappa shape index (κ3) is 13.9. The molecule has 0 amide bonds. The fourth-order valence-corrected chi connectivity index (χ4v) is 1.80. The summed E-state index contributed by atoms with van der Waals surface area (Å²) < 4.78 is 44.5. The number of hydrogen-bond donors (Lipinski definition) is 1. The minimum Gasteiger partial charge on any atom is -0.491 e. The topological polar surface area (TPSA) is 75.6 Å². The van der Waals surface area contributed by atoms with Crippen molar-refractivity contribution in [2.45, 2.75) is 0 Å². The monoisotopic (exact) mass is 376 g/mol. The van der Waals surface area contributed by atoms with Crippen molar-refractivity contribution in [3.63, 3.8) is 0 Å². The molecule has 1 aromatic carbocycles. The highest BCUT2D eigenvalue weighted by Crippen LogP contribution is 2.10. The fraction of sp³-hybridized carbons (Fsp3) is 0.667. The Bertz CT molecular complexity index is 417. The van der Waals surface area contributed by atoms with Gasteiger partial charge in [-0.05, 0) is 24.3 Å². The van der Waals surface area contributed by atoms with Gasteiger partial charge in [0.2, 0.25) is 0 Å². The van der Waals surface area contributed by atoms with Gasteiger partial charge in [-0.1, -0.05) is 0 Å². The van der Waals surface area contributed by atoms with Crippen LogP contribution in [-0.2, 0) is 23.7 Å². The Morgan fingerprint density at radius 1 is 0.577 bits per heavy atom. The predicted molar refractivity (Wildman–Crippen MR) is 93.1 cm³/mol. The fourth-order valence-electron chi connectivity index (χ4n) is 1.80. The Labute approximate surface area is 153 Å². The highest BCUT2D eigenvalue weighted by molar-refractivity contribution is 5.21. The number of benzene rings is 1. The summed E-state index contributed by atoms with van der Waals surface area (Å²) in [4.78, 5) is 0. The quantitative estimate of drug-likeness (QED) is 0.387. The van der Waals surface area contributed by atoms with Gasteiger partial charge in [-0.15, -0.1) is 0 Å². The number of hydrogen-bond acceptors (Lipinski definition) is 7. The molecule has 0 fully saturated rings. The van der Waals surface area contributed by atoms with Crippen LogP contribution < -0.4 is 4.74 Å². The highest BCUT2D eigenvalue weighted by Gasteiger charge is 1.96. The van der Waals surface area contributed by atoms with Gasteiger partial charge < -0.3 is 33.5 Å². The van der Waals surface area contributed by atoms with Crippen molar-refractivity contribution in [1.29, 1.82) is 0 Å². The third-order valence-electron chi connectivity index (χ3n) is 3.03. The van der Waals surface area contributed by atoms with E-state index < -0.39 is 0 Å². The Morgan fingerprint density at radius 2 is 0.962 bits per heavy atom. The SMILES string of the molecule is OCCOCCOCCOCCOCCOCCOc1ccc(F)cc1. The molecule has 26 heavy (non-hydrogen) atoms. The summed E-state index contributed by atoms with van der Waals surface area (Å²) in [5, 5.41) is 8.51. The first-order valence-corrected chi connectivity index (χ1v) is 8.71. The van der Waals surface area contributed by atoms with E-state index in [1.165, 1.54) is 12.1 Å². The van der Waals surface area contributed by atoms with Gasteiger partial charge in [-0.3, -0.25) is 0 Å². The lowest BCUT2D eigenvalue weighted by Crippen LogP contribution is -2.14. The first-order chi connectivity index (χ1) is 12.8. The number of aliphatic hydroxyl groups excluding tert-OH is 1. The van der Waals surface area contributed by atoms with Gasteiger partial charge in [0.15, 0.2) is 0 Å². The summed E-state index contributed by atoms with van der Waals surface area (Å²) in [5.41, 5.74) is 0. The molecule has 0 aliphatic rings. The summed E-state index contributed by atoms with van der Waals surface area (Å²) in [6, 6.07) is 5.86. The van der Waals surface area contributed by atoms with E-state index in [2.05, 4.69) is 0 Å². The van der Waals surface area contributed by atoms with Crippen LogP contribution in [0.4, 0.5) is 4.39 Å². The van der Waals surface area contributed by atoms with Gasteiger partial charge in [-0.2, -0.15) is 0 Å². The zero-order chi connectivity index (χ0) is 18.7. The van der Waals surface area contributed by atoms with Crippen LogP contribution in [-0.4, -0.2) is 84.4 Å². The predicted octanol–water partition coefficient (Wildman–Crippen LogP) is 1.28. The van der Waals surface area contributed by atoms with Crippen molar-refractivity contribution in [3.05, 3.63) is 30.1 Å². The van der Waals surface area contributed by atoms with Crippen molar-refractivity contribution in [2.75, 3.05) is 79.3 Å². The molecule has 0 aromatic heterocycles. The van der Waals surface area contributed by atoms with Crippen LogP contribution in [0.15, 0.2) is 24.3 Å². The van der Waals surface area contributed by atoms with Gasteiger partial charge >= 0.3 is 0 Å². The second kappa shape index (κ2) is 17.1. The molecule has 1 rings (SSSR count). The highest BCUT2D eigenvalue weighted by atomic mass is 19.1. The Hall–Kier alpha value is -1.29. The molecule has 1 N–H and O–H groups in total. The lowest BCUT2D eigenvalue weighted by molar-refractivity contribution is -0.0146. The summed E-state index contributed by atoms with van der Waals surface area (Å²) in [6.07, 6.45) is 0. The Kier molecular flexibility index (Phi) is 15.0. The average Bonchev–Trinajstić information content (AvgIpc) is 2.66.